The number of morpholine rings is 1. The Morgan fingerprint density at radius 2 is 2.33 bits per heavy atom. The van der Waals surface area contributed by atoms with Crippen LogP contribution in [-0.4, -0.2) is 63.0 Å². The summed E-state index contributed by atoms with van der Waals surface area (Å²) in [7, 11) is 1.60. The molecule has 1 fully saturated rings. The molecule has 0 saturated carbocycles. The fraction of sp³-hybridized carbons (Fsp3) is 0.923. The Bertz CT molecular complexity index is 247. The Morgan fingerprint density at radius 3 is 3.00 bits per heavy atom. The highest BCUT2D eigenvalue weighted by Gasteiger charge is 2.18. The van der Waals surface area contributed by atoms with Crippen molar-refractivity contribution in [3.05, 3.63) is 0 Å². The molecule has 1 aliphatic rings. The van der Waals surface area contributed by atoms with Gasteiger partial charge in [0.25, 0.3) is 0 Å². The number of carbonyl (C=O) groups is 1. The summed E-state index contributed by atoms with van der Waals surface area (Å²) in [6.07, 6.45) is 1.12. The van der Waals surface area contributed by atoms with E-state index < -0.39 is 0 Å². The normalized spacial score (nSPS) is 22.7. The number of rotatable bonds is 7. The molecular weight excluding hydrogens is 234 g/mol. The molecule has 0 aromatic heterocycles. The van der Waals surface area contributed by atoms with Crippen molar-refractivity contribution in [2.75, 3.05) is 40.0 Å². The number of carbonyl (C=O) groups excluding carboxylic acids is 1. The molecule has 0 unspecified atom stereocenters. The van der Waals surface area contributed by atoms with Gasteiger partial charge in [0, 0.05) is 26.2 Å². The van der Waals surface area contributed by atoms with Crippen molar-refractivity contribution in [2.45, 2.75) is 38.8 Å². The van der Waals surface area contributed by atoms with E-state index in [9.17, 15) is 4.79 Å². The maximum absolute atomic E-state index is 11.4. The highest BCUT2D eigenvalue weighted by molar-refractivity contribution is 5.69. The summed E-state index contributed by atoms with van der Waals surface area (Å²) in [6.45, 7) is 8.02. The summed E-state index contributed by atoms with van der Waals surface area (Å²) in [4.78, 5) is 13.8. The lowest BCUT2D eigenvalue weighted by atomic mass is 10.2. The predicted octanol–water partition coefficient (Wildman–Crippen LogP) is 1.07. The van der Waals surface area contributed by atoms with Crippen LogP contribution in [-0.2, 0) is 19.0 Å². The number of ether oxygens (including phenoxy) is 3. The van der Waals surface area contributed by atoms with Gasteiger partial charge < -0.3 is 14.2 Å². The fourth-order valence-corrected chi connectivity index (χ4v) is 1.92. The first-order chi connectivity index (χ1) is 8.63. The van der Waals surface area contributed by atoms with E-state index in [1.165, 1.54) is 0 Å². The molecular formula is C13H25NO4. The molecule has 0 aromatic rings. The quantitative estimate of drug-likeness (QED) is 0.505. The van der Waals surface area contributed by atoms with Gasteiger partial charge in [-0.15, -0.1) is 0 Å². The van der Waals surface area contributed by atoms with Crippen LogP contribution in [0.3, 0.4) is 0 Å². The van der Waals surface area contributed by atoms with Crippen LogP contribution in [0, 0.1) is 0 Å². The van der Waals surface area contributed by atoms with E-state index in [4.69, 9.17) is 14.2 Å². The lowest BCUT2D eigenvalue weighted by molar-refractivity contribution is -0.146. The fourth-order valence-electron chi connectivity index (χ4n) is 1.92. The molecule has 0 amide bonds. The van der Waals surface area contributed by atoms with Crippen molar-refractivity contribution in [1.29, 1.82) is 0 Å². The average molecular weight is 259 g/mol. The average Bonchev–Trinajstić information content (AvgIpc) is 2.36. The molecule has 0 radical (unpaired) electrons. The van der Waals surface area contributed by atoms with Crippen molar-refractivity contribution in [1.82, 2.24) is 4.90 Å². The molecule has 0 bridgehead atoms. The Labute approximate surface area is 109 Å². The third kappa shape index (κ3) is 5.80. The molecule has 1 aliphatic heterocycles. The molecule has 5 heteroatoms. The van der Waals surface area contributed by atoms with Crippen LogP contribution in [0.2, 0.25) is 0 Å². The highest BCUT2D eigenvalue weighted by atomic mass is 16.5. The zero-order chi connectivity index (χ0) is 13.4. The molecule has 0 aliphatic carbocycles. The van der Waals surface area contributed by atoms with Gasteiger partial charge >= 0.3 is 5.97 Å². The van der Waals surface area contributed by atoms with Crippen LogP contribution in [0.25, 0.3) is 0 Å². The molecule has 0 N–H and O–H groups in total. The lowest BCUT2D eigenvalue weighted by Gasteiger charge is -2.33. The highest BCUT2D eigenvalue weighted by Crippen LogP contribution is 2.06. The maximum atomic E-state index is 11.4. The topological polar surface area (TPSA) is 48.0 Å². The van der Waals surface area contributed by atoms with Gasteiger partial charge in [-0.1, -0.05) is 0 Å². The van der Waals surface area contributed by atoms with Gasteiger partial charge in [0.15, 0.2) is 0 Å². The molecule has 106 valence electrons. The summed E-state index contributed by atoms with van der Waals surface area (Å²) in [6, 6.07) is 0.461. The minimum Gasteiger partial charge on any atom is -0.466 e. The summed E-state index contributed by atoms with van der Waals surface area (Å²) < 4.78 is 15.5. The molecule has 5 nitrogen and oxygen atoms in total. The summed E-state index contributed by atoms with van der Waals surface area (Å²) in [5.74, 6) is -0.181. The SMILES string of the molecule is CO[C@@H](C)CC(=O)OCCCN1CCOC[C@H]1C. The van der Waals surface area contributed by atoms with Crippen LogP contribution in [0.15, 0.2) is 0 Å². The van der Waals surface area contributed by atoms with Crippen molar-refractivity contribution < 1.29 is 19.0 Å². The van der Waals surface area contributed by atoms with Crippen molar-refractivity contribution in [3.8, 4) is 0 Å². The first kappa shape index (κ1) is 15.4. The van der Waals surface area contributed by atoms with Crippen LogP contribution in [0.4, 0.5) is 0 Å². The van der Waals surface area contributed by atoms with Crippen molar-refractivity contribution >= 4 is 5.97 Å². The van der Waals surface area contributed by atoms with E-state index in [1.807, 2.05) is 6.92 Å². The van der Waals surface area contributed by atoms with Gasteiger partial charge in [0.2, 0.25) is 0 Å². The third-order valence-corrected chi connectivity index (χ3v) is 3.21. The van der Waals surface area contributed by atoms with E-state index in [-0.39, 0.29) is 12.1 Å². The molecule has 1 heterocycles. The minimum atomic E-state index is -0.181. The summed E-state index contributed by atoms with van der Waals surface area (Å²) >= 11 is 0. The van der Waals surface area contributed by atoms with Crippen LogP contribution >= 0.6 is 0 Å². The van der Waals surface area contributed by atoms with E-state index >= 15 is 0 Å². The van der Waals surface area contributed by atoms with Gasteiger partial charge in [0.1, 0.15) is 0 Å². The molecule has 18 heavy (non-hydrogen) atoms. The van der Waals surface area contributed by atoms with Crippen LogP contribution < -0.4 is 0 Å². The standard InChI is InChI=1S/C13H25NO4/c1-11-10-17-8-6-14(11)5-4-7-18-13(15)9-12(2)16-3/h11-12H,4-10H2,1-3H3/t11-,12+/m1/s1. The second kappa shape index (κ2) is 8.45. The van der Waals surface area contributed by atoms with Crippen molar-refractivity contribution in [2.24, 2.45) is 0 Å². The van der Waals surface area contributed by atoms with Crippen LogP contribution in [0.1, 0.15) is 26.7 Å². The molecule has 2 atom stereocenters. The summed E-state index contributed by atoms with van der Waals surface area (Å²) in [5.41, 5.74) is 0. The van der Waals surface area contributed by atoms with Gasteiger partial charge in [0.05, 0.1) is 32.3 Å². The van der Waals surface area contributed by atoms with Gasteiger partial charge in [-0.05, 0) is 20.3 Å². The third-order valence-electron chi connectivity index (χ3n) is 3.21. The minimum absolute atomic E-state index is 0.0724. The molecule has 0 aromatic carbocycles. The second-order valence-electron chi connectivity index (χ2n) is 4.78. The zero-order valence-electron chi connectivity index (χ0n) is 11.7. The zero-order valence-corrected chi connectivity index (χ0v) is 11.7. The van der Waals surface area contributed by atoms with Gasteiger partial charge in [-0.2, -0.15) is 0 Å². The molecule has 1 rings (SSSR count). The number of hydrogen-bond donors (Lipinski definition) is 0. The number of esters is 1. The number of nitrogens with zero attached hydrogens (tertiary/aromatic N) is 1. The molecule has 1 saturated heterocycles. The smallest absolute Gasteiger partial charge is 0.308 e. The largest absolute Gasteiger partial charge is 0.466 e. The Hall–Kier alpha value is -0.650. The summed E-state index contributed by atoms with van der Waals surface area (Å²) in [5, 5.41) is 0. The monoisotopic (exact) mass is 259 g/mol. The van der Waals surface area contributed by atoms with Crippen LogP contribution in [0.5, 0.6) is 0 Å². The Morgan fingerprint density at radius 1 is 1.56 bits per heavy atom. The number of methoxy groups -OCH3 is 1. The first-order valence-corrected chi connectivity index (χ1v) is 6.63. The van der Waals surface area contributed by atoms with Gasteiger partial charge in [-0.3, -0.25) is 9.69 Å². The predicted molar refractivity (Wildman–Crippen MR) is 68.5 cm³/mol. The maximum Gasteiger partial charge on any atom is 0.308 e. The van der Waals surface area contributed by atoms with E-state index in [0.717, 1.165) is 32.7 Å². The van der Waals surface area contributed by atoms with Gasteiger partial charge in [-0.25, -0.2) is 0 Å². The van der Waals surface area contributed by atoms with E-state index in [2.05, 4.69) is 11.8 Å². The first-order valence-electron chi connectivity index (χ1n) is 6.63. The Balaban J connectivity index is 2.05. The number of hydrogen-bond acceptors (Lipinski definition) is 5. The second-order valence-corrected chi connectivity index (χ2v) is 4.78. The van der Waals surface area contributed by atoms with E-state index in [1.54, 1.807) is 7.11 Å². The molecule has 0 spiro atoms. The van der Waals surface area contributed by atoms with Crippen molar-refractivity contribution in [3.63, 3.8) is 0 Å². The van der Waals surface area contributed by atoms with E-state index in [0.29, 0.717) is 19.1 Å². The Kier molecular flexibility index (Phi) is 7.23. The lowest BCUT2D eigenvalue weighted by Crippen LogP contribution is -2.44.